The van der Waals surface area contributed by atoms with Crippen LogP contribution in [0.5, 0.6) is 0 Å². The molecule has 2 amide bonds. The third-order valence-electron chi connectivity index (χ3n) is 3.56. The highest BCUT2D eigenvalue weighted by Gasteiger charge is 2.50. The van der Waals surface area contributed by atoms with Crippen molar-refractivity contribution < 1.29 is 19.1 Å². The zero-order valence-electron chi connectivity index (χ0n) is 11.7. The summed E-state index contributed by atoms with van der Waals surface area (Å²) in [5.74, 6) is -0.515. The van der Waals surface area contributed by atoms with Crippen molar-refractivity contribution in [3.63, 3.8) is 0 Å². The largest absolute Gasteiger partial charge is 0.444 e. The van der Waals surface area contributed by atoms with E-state index in [0.717, 1.165) is 12.8 Å². The second-order valence-electron chi connectivity index (χ2n) is 6.44. The first-order valence-electron chi connectivity index (χ1n) is 6.67. The molecule has 0 aromatic rings. The molecule has 0 aromatic carbocycles. The van der Waals surface area contributed by atoms with Crippen LogP contribution in [0.4, 0.5) is 4.79 Å². The first-order chi connectivity index (χ1) is 8.70. The topological polar surface area (TPSA) is 90.6 Å². The van der Waals surface area contributed by atoms with E-state index in [1.54, 1.807) is 20.8 Å². The lowest BCUT2D eigenvalue weighted by molar-refractivity contribution is -0.132. The molecule has 2 unspecified atom stereocenters. The molecule has 3 N–H and O–H groups in total. The minimum absolute atomic E-state index is 0.00110. The molecule has 6 heteroatoms. The number of amides is 2. The van der Waals surface area contributed by atoms with Crippen molar-refractivity contribution in [1.29, 1.82) is 0 Å². The molecule has 0 saturated carbocycles. The van der Waals surface area contributed by atoms with Crippen molar-refractivity contribution >= 4 is 12.0 Å². The zero-order chi connectivity index (χ0) is 14.3. The van der Waals surface area contributed by atoms with Gasteiger partial charge in [-0.15, -0.1) is 0 Å². The Bertz CT molecular complexity index is 377. The Morgan fingerprint density at radius 3 is 2.21 bits per heavy atom. The summed E-state index contributed by atoms with van der Waals surface area (Å²) in [7, 11) is 0. The molecule has 2 aliphatic heterocycles. The molecule has 0 aliphatic carbocycles. The number of carbonyl (C=O) groups is 2. The van der Waals surface area contributed by atoms with E-state index in [-0.39, 0.29) is 12.2 Å². The van der Waals surface area contributed by atoms with Gasteiger partial charge < -0.3 is 20.5 Å². The Hall–Kier alpha value is -1.30. The number of ether oxygens (including phenoxy) is 2. The molecule has 2 rings (SSSR count). The quantitative estimate of drug-likeness (QED) is 0.785. The van der Waals surface area contributed by atoms with E-state index in [9.17, 15) is 9.59 Å². The number of nitrogens with two attached hydrogens (primary N) is 1. The van der Waals surface area contributed by atoms with Gasteiger partial charge in [0.2, 0.25) is 5.91 Å². The maximum atomic E-state index is 11.9. The summed E-state index contributed by atoms with van der Waals surface area (Å²) in [5, 5.41) is 2.67. The van der Waals surface area contributed by atoms with Crippen molar-refractivity contribution in [1.82, 2.24) is 5.32 Å². The molecule has 2 bridgehead atoms. The fraction of sp³-hybridized carbons (Fsp3) is 0.846. The molecular formula is C13H22N2O4. The minimum Gasteiger partial charge on any atom is -0.444 e. The van der Waals surface area contributed by atoms with Gasteiger partial charge in [-0.3, -0.25) is 4.79 Å². The number of hydrogen-bond acceptors (Lipinski definition) is 4. The van der Waals surface area contributed by atoms with E-state index >= 15 is 0 Å². The third kappa shape index (κ3) is 3.18. The number of fused-ring (bicyclic) bond motifs is 2. The zero-order valence-corrected chi connectivity index (χ0v) is 11.7. The lowest BCUT2D eigenvalue weighted by Gasteiger charge is -2.38. The van der Waals surface area contributed by atoms with Crippen molar-refractivity contribution in [3.05, 3.63) is 0 Å². The summed E-state index contributed by atoms with van der Waals surface area (Å²) < 4.78 is 10.9. The van der Waals surface area contributed by atoms with Gasteiger partial charge in [-0.2, -0.15) is 0 Å². The van der Waals surface area contributed by atoms with E-state index in [4.69, 9.17) is 15.2 Å². The first kappa shape index (κ1) is 14.1. The van der Waals surface area contributed by atoms with E-state index in [1.165, 1.54) is 0 Å². The Labute approximate surface area is 113 Å². The monoisotopic (exact) mass is 270 g/mol. The van der Waals surface area contributed by atoms with Crippen LogP contribution in [0, 0.1) is 0 Å². The molecule has 2 fully saturated rings. The van der Waals surface area contributed by atoms with E-state index in [1.807, 2.05) is 0 Å². The number of hydrogen-bond donors (Lipinski definition) is 2. The normalized spacial score (nSPS) is 33.8. The van der Waals surface area contributed by atoms with Crippen molar-refractivity contribution in [3.8, 4) is 0 Å². The van der Waals surface area contributed by atoms with Crippen LogP contribution in [0.3, 0.4) is 0 Å². The average Bonchev–Trinajstić information content (AvgIpc) is 2.55. The second-order valence-corrected chi connectivity index (χ2v) is 6.44. The molecule has 6 nitrogen and oxygen atoms in total. The van der Waals surface area contributed by atoms with Crippen LogP contribution in [-0.2, 0) is 14.3 Å². The minimum atomic E-state index is -1.04. The van der Waals surface area contributed by atoms with Gasteiger partial charge in [-0.1, -0.05) is 0 Å². The molecule has 0 spiro atoms. The van der Waals surface area contributed by atoms with Gasteiger partial charge in [0.25, 0.3) is 0 Å². The molecule has 2 aliphatic rings. The molecule has 19 heavy (non-hydrogen) atoms. The summed E-state index contributed by atoms with van der Waals surface area (Å²) in [6, 6.07) is 0. The summed E-state index contributed by atoms with van der Waals surface area (Å²) >= 11 is 0. The van der Waals surface area contributed by atoms with Crippen LogP contribution >= 0.6 is 0 Å². The van der Waals surface area contributed by atoms with Crippen LogP contribution in [0.2, 0.25) is 0 Å². The molecule has 0 radical (unpaired) electrons. The lowest BCUT2D eigenvalue weighted by atomic mass is 9.86. The highest BCUT2D eigenvalue weighted by atomic mass is 16.6. The summed E-state index contributed by atoms with van der Waals surface area (Å²) in [6.07, 6.45) is 2.08. The smallest absolute Gasteiger partial charge is 0.408 e. The standard InChI is InChI=1S/C13H22N2O4/c1-12(2,3)19-11(17)15-13(10(14)16)6-8-4-5-9(7-13)18-8/h8-9H,4-7H2,1-3H3,(H2,14,16)(H,15,17). The Balaban J connectivity index is 2.08. The van der Waals surface area contributed by atoms with Gasteiger partial charge in [-0.05, 0) is 33.6 Å². The Morgan fingerprint density at radius 2 is 1.79 bits per heavy atom. The van der Waals surface area contributed by atoms with E-state index < -0.39 is 23.1 Å². The van der Waals surface area contributed by atoms with Gasteiger partial charge in [0.1, 0.15) is 11.1 Å². The molecule has 2 heterocycles. The molecule has 2 saturated heterocycles. The molecular weight excluding hydrogens is 248 g/mol. The van der Waals surface area contributed by atoms with Gasteiger partial charge in [0.15, 0.2) is 0 Å². The SMILES string of the molecule is CC(C)(C)OC(=O)NC1(C(N)=O)CC2CCC(C1)O2. The number of rotatable bonds is 2. The van der Waals surface area contributed by atoms with Crippen molar-refractivity contribution in [2.75, 3.05) is 0 Å². The summed E-state index contributed by atoms with van der Waals surface area (Å²) in [6.45, 7) is 5.32. The first-order valence-corrected chi connectivity index (χ1v) is 6.67. The highest BCUT2D eigenvalue weighted by molar-refractivity contribution is 5.89. The van der Waals surface area contributed by atoms with E-state index in [2.05, 4.69) is 5.32 Å². The predicted octanol–water partition coefficient (Wildman–Crippen LogP) is 1.08. The third-order valence-corrected chi connectivity index (χ3v) is 3.56. The predicted molar refractivity (Wildman–Crippen MR) is 68.4 cm³/mol. The van der Waals surface area contributed by atoms with Crippen LogP contribution in [0.25, 0.3) is 0 Å². The lowest BCUT2D eigenvalue weighted by Crippen LogP contribution is -2.62. The van der Waals surface area contributed by atoms with Crippen LogP contribution in [-0.4, -0.2) is 35.3 Å². The van der Waals surface area contributed by atoms with Crippen LogP contribution in [0.1, 0.15) is 46.5 Å². The summed E-state index contributed by atoms with van der Waals surface area (Å²) in [5.41, 5.74) is 3.86. The van der Waals surface area contributed by atoms with Gasteiger partial charge in [0, 0.05) is 12.8 Å². The maximum absolute atomic E-state index is 11.9. The molecule has 2 atom stereocenters. The van der Waals surface area contributed by atoms with Crippen LogP contribution < -0.4 is 11.1 Å². The molecule has 0 aromatic heterocycles. The Kier molecular flexibility index (Phi) is 3.47. The van der Waals surface area contributed by atoms with Crippen molar-refractivity contribution in [2.24, 2.45) is 5.73 Å². The fourth-order valence-corrected chi connectivity index (χ4v) is 2.80. The number of primary amides is 1. The highest BCUT2D eigenvalue weighted by Crippen LogP contribution is 2.38. The number of nitrogens with one attached hydrogen (secondary N) is 1. The maximum Gasteiger partial charge on any atom is 0.408 e. The number of alkyl carbamates (subject to hydrolysis) is 1. The summed E-state index contributed by atoms with van der Waals surface area (Å²) in [4.78, 5) is 23.7. The van der Waals surface area contributed by atoms with Gasteiger partial charge in [0.05, 0.1) is 12.2 Å². The van der Waals surface area contributed by atoms with Gasteiger partial charge >= 0.3 is 6.09 Å². The van der Waals surface area contributed by atoms with Crippen LogP contribution in [0.15, 0.2) is 0 Å². The average molecular weight is 270 g/mol. The van der Waals surface area contributed by atoms with Gasteiger partial charge in [-0.25, -0.2) is 4.79 Å². The number of carbonyl (C=O) groups excluding carboxylic acids is 2. The van der Waals surface area contributed by atoms with E-state index in [0.29, 0.717) is 12.8 Å². The Morgan fingerprint density at radius 1 is 1.26 bits per heavy atom. The molecule has 108 valence electrons. The second kappa shape index (κ2) is 4.67. The van der Waals surface area contributed by atoms with Crippen molar-refractivity contribution in [2.45, 2.75) is 69.8 Å². The fourth-order valence-electron chi connectivity index (χ4n) is 2.80.